The van der Waals surface area contributed by atoms with Crippen LogP contribution in [0.1, 0.15) is 222 Å². The van der Waals surface area contributed by atoms with Crippen LogP contribution in [-0.2, 0) is 32.7 Å². The zero-order valence-electron chi connectivity index (χ0n) is 73.1. The lowest BCUT2D eigenvalue weighted by Crippen LogP contribution is -2.24. The fourth-order valence-electron chi connectivity index (χ4n) is 12.4. The topological polar surface area (TPSA) is 444 Å². The molecule has 32 nitrogen and oxygen atoms in total. The highest BCUT2D eigenvalue weighted by Crippen LogP contribution is 2.33. The summed E-state index contributed by atoms with van der Waals surface area (Å²) in [5.74, 6) is -5.87. The van der Waals surface area contributed by atoms with Crippen LogP contribution >= 0.6 is 11.3 Å². The van der Waals surface area contributed by atoms with Gasteiger partial charge in [-0.05, 0) is 240 Å². The van der Waals surface area contributed by atoms with Crippen LogP contribution in [0.3, 0.4) is 0 Å². The monoisotopic (exact) mass is 1810 g/mol. The number of carbonyl (C=O) groups is 8. The van der Waals surface area contributed by atoms with Crippen molar-refractivity contribution in [3.63, 3.8) is 0 Å². The van der Waals surface area contributed by atoms with E-state index in [0.717, 1.165) is 48.5 Å². The Morgan fingerprint density at radius 2 is 0.700 bits per heavy atom. The highest BCUT2D eigenvalue weighted by Gasteiger charge is 2.41. The lowest BCUT2D eigenvalue weighted by atomic mass is 9.87. The molecule has 0 unspecified atom stereocenters. The number of thiophene rings is 1. The van der Waals surface area contributed by atoms with E-state index in [-0.39, 0.29) is 78.1 Å². The molecule has 12 rings (SSSR count). The molecule has 0 aliphatic rings. The quantitative estimate of drug-likeness (QED) is 0.0147. The van der Waals surface area contributed by atoms with Crippen LogP contribution in [-0.4, -0.2) is 134 Å². The number of nitrogens with one attached hydrogen (secondary N) is 8. The molecule has 5 heterocycles. The third kappa shape index (κ3) is 23.7. The van der Waals surface area contributed by atoms with Gasteiger partial charge in [-0.1, -0.05) is 77.9 Å². The maximum Gasteiger partial charge on any atom is 0.433 e. The molecule has 5 aromatic heterocycles. The minimum Gasteiger partial charge on any atom is -0.478 e. The number of carboxylic acids is 2. The maximum absolute atomic E-state index is 13.7. The summed E-state index contributed by atoms with van der Waals surface area (Å²) in [4.78, 5) is 146. The Kier molecular flexibility index (Phi) is 30.7. The second kappa shape index (κ2) is 40.7. The molecule has 130 heavy (non-hydrogen) atoms. The zero-order valence-corrected chi connectivity index (χ0v) is 73.9. The van der Waals surface area contributed by atoms with E-state index in [1.54, 1.807) is 58.9 Å². The van der Waals surface area contributed by atoms with Gasteiger partial charge in [-0.15, -0.1) is 11.3 Å². The number of aryl methyl sites for hydroxylation is 6. The predicted octanol–water partition coefficient (Wildman–Crippen LogP) is 14.4. The Balaban J connectivity index is 0.000000195. The minimum absolute atomic E-state index is 0.0130. The Morgan fingerprint density at radius 3 is 1.07 bits per heavy atom. The average molecular weight is 1810 g/mol. The summed E-state index contributed by atoms with van der Waals surface area (Å²) in [6.07, 6.45) is -8.46. The zero-order chi connectivity index (χ0) is 96.1. The van der Waals surface area contributed by atoms with Crippen molar-refractivity contribution in [2.24, 2.45) is 20.4 Å². The van der Waals surface area contributed by atoms with Gasteiger partial charge in [0.2, 0.25) is 0 Å². The number of aromatic carboxylic acids is 2. The number of hydrazone groups is 4. The van der Waals surface area contributed by atoms with Gasteiger partial charge < -0.3 is 19.7 Å². The standard InChI is InChI=1S/C23H21F3N4O4.C23H26N4O4S.C23H24N4O4.C22H19F3N4O4/c1-12-5-10-17(11-13(12)2)30-21(32)18(19(29-30)23(24,25)26)14(3)27-28-20(31)15-6-8-16(9-7-15)22(33)34-4;1-13(24-25-20(28)17-11-12-18(32-17)22(30)31-6)19-14(2)26-27(21(19)29)16-9-7-15(8-10-16)23(3,4)5;1-14-19(13-24-25-20(28)15-5-7-16(8-6-15)22(30)31)21(29)27(26-14)18-11-9-17(10-12-18)23(2,3)4;1-11-4-9-16(10-12(11)2)29-20(31)17(18(28-29)22(23,24)25)13(3)26-27-19(30)14-5-7-15(8-6-14)21(32)33/h5-11,29H,1-4H3,(H,28,31);7-12,26H,1-6H3,(H,25,28);5-13,26H,1-4H3,(H,25,28)(H,30,31);4-10,28H,1-3H3,(H,27,30)(H,32,33). The molecule has 0 saturated heterocycles. The van der Waals surface area contributed by atoms with E-state index in [9.17, 15) is 83.9 Å². The molecule has 7 aromatic carbocycles. The van der Waals surface area contributed by atoms with Gasteiger partial charge >= 0.3 is 36.2 Å². The maximum atomic E-state index is 13.7. The molecular formula is C91H90F6N16O16S. The first kappa shape index (κ1) is 98.1. The fourth-order valence-corrected chi connectivity index (χ4v) is 13.2. The van der Waals surface area contributed by atoms with Crippen LogP contribution in [0.25, 0.3) is 22.7 Å². The first-order valence-electron chi connectivity index (χ1n) is 39.2. The minimum atomic E-state index is -4.88. The summed E-state index contributed by atoms with van der Waals surface area (Å²) >= 11 is 1.00. The summed E-state index contributed by atoms with van der Waals surface area (Å²) in [6, 6.07) is 43.8. The third-order valence-electron chi connectivity index (χ3n) is 20.0. The van der Waals surface area contributed by atoms with Crippen LogP contribution in [0.2, 0.25) is 0 Å². The van der Waals surface area contributed by atoms with Gasteiger partial charge in [0.15, 0.2) is 11.4 Å². The summed E-state index contributed by atoms with van der Waals surface area (Å²) in [5.41, 5.74) is 12.4. The number of nitrogens with zero attached hydrogens (tertiary/aromatic N) is 8. The number of aromatic nitrogens is 8. The lowest BCUT2D eigenvalue weighted by Gasteiger charge is -2.19. The molecule has 678 valence electrons. The van der Waals surface area contributed by atoms with Gasteiger partial charge in [0, 0.05) is 28.1 Å². The van der Waals surface area contributed by atoms with Gasteiger partial charge in [-0.2, -0.15) is 46.7 Å². The van der Waals surface area contributed by atoms with Gasteiger partial charge in [-0.25, -0.2) is 59.6 Å². The van der Waals surface area contributed by atoms with E-state index >= 15 is 0 Å². The Labute approximate surface area is 741 Å². The Bertz CT molecular complexity index is 6700. The molecule has 0 atom stereocenters. The van der Waals surface area contributed by atoms with Crippen molar-refractivity contribution in [2.75, 3.05) is 14.2 Å². The molecular weight excluding hydrogens is 1720 g/mol. The summed E-state index contributed by atoms with van der Waals surface area (Å²) in [5, 5.41) is 43.5. The number of aromatic amines is 4. The number of hydrogen-bond acceptors (Lipinski definition) is 19. The number of amides is 4. The number of ether oxygens (including phenoxy) is 2. The van der Waals surface area contributed by atoms with Crippen molar-refractivity contribution in [1.82, 2.24) is 60.8 Å². The highest BCUT2D eigenvalue weighted by molar-refractivity contribution is 7.15. The Morgan fingerprint density at radius 1 is 0.377 bits per heavy atom. The number of carbonyl (C=O) groups excluding carboxylic acids is 6. The number of esters is 2. The smallest absolute Gasteiger partial charge is 0.433 e. The molecule has 10 N–H and O–H groups in total. The van der Waals surface area contributed by atoms with E-state index in [2.05, 4.69) is 114 Å². The van der Waals surface area contributed by atoms with Gasteiger partial charge in [0.1, 0.15) is 4.88 Å². The normalized spacial score (nSPS) is 11.9. The van der Waals surface area contributed by atoms with Crippen LogP contribution in [0.4, 0.5) is 26.3 Å². The largest absolute Gasteiger partial charge is 0.478 e. The number of carboxylic acid groups (broad SMARTS) is 2. The molecule has 39 heteroatoms. The molecule has 12 aromatic rings. The van der Waals surface area contributed by atoms with Gasteiger partial charge in [-0.3, -0.25) is 58.8 Å². The molecule has 0 fully saturated rings. The van der Waals surface area contributed by atoms with Crippen LogP contribution in [0.15, 0.2) is 209 Å². The predicted molar refractivity (Wildman–Crippen MR) is 476 cm³/mol. The number of benzene rings is 7. The number of alkyl halides is 6. The molecule has 0 aliphatic heterocycles. The number of rotatable bonds is 20. The van der Waals surface area contributed by atoms with Crippen LogP contribution in [0, 0.1) is 41.5 Å². The fraction of sp³-hybridized carbons (Fsp3) is 0.231. The highest BCUT2D eigenvalue weighted by atomic mass is 32.1. The van der Waals surface area contributed by atoms with Crippen molar-refractivity contribution in [3.8, 4) is 22.7 Å². The summed E-state index contributed by atoms with van der Waals surface area (Å²) in [7, 11) is 2.49. The lowest BCUT2D eigenvalue weighted by molar-refractivity contribution is -0.142. The molecule has 0 bridgehead atoms. The van der Waals surface area contributed by atoms with E-state index in [0.29, 0.717) is 49.4 Å². The SMILES string of the molecule is CC(=NNC(=O)c1ccc(C(=O)O)cc1)c1c(C(F)(F)F)[nH]n(-c2ccc(C)c(C)c2)c1=O.COC(=O)c1ccc(C(=O)NN=C(C)c2c(C(F)(F)F)[nH]n(-c3ccc(C)c(C)c3)c2=O)cc1.COC(=O)c1ccc(C(=O)NN=C(C)c2c(C)[nH]n(-c3ccc(C(C)(C)C)cc3)c2=O)s1.Cc1[nH]n(-c2ccc(C(C)(C)C)cc2)c(=O)c1C=NNC(=O)c1ccc(C(=O)O)cc1. The molecule has 0 saturated carbocycles. The Hall–Kier alpha value is -15.7. The van der Waals surface area contributed by atoms with E-state index in [4.69, 9.17) is 10.2 Å². The first-order chi connectivity index (χ1) is 60.9. The first-order valence-corrected chi connectivity index (χ1v) is 40.0. The van der Waals surface area contributed by atoms with Crippen molar-refractivity contribution >= 4 is 82.2 Å². The average Bonchev–Trinajstić information content (AvgIpc) is 1.62. The van der Waals surface area contributed by atoms with Crippen molar-refractivity contribution in [1.29, 1.82) is 0 Å². The van der Waals surface area contributed by atoms with Crippen molar-refractivity contribution in [2.45, 2.75) is 127 Å². The van der Waals surface area contributed by atoms with Crippen molar-refractivity contribution in [3.05, 3.63) is 333 Å². The number of halogens is 6. The molecule has 0 aliphatic carbocycles. The molecule has 0 radical (unpaired) electrons. The molecule has 4 amide bonds. The van der Waals surface area contributed by atoms with E-state index in [1.165, 1.54) is 146 Å². The van der Waals surface area contributed by atoms with Crippen molar-refractivity contribution < 1.29 is 84.4 Å². The number of H-pyrrole nitrogens is 4. The second-order valence-electron chi connectivity index (χ2n) is 31.3. The summed E-state index contributed by atoms with van der Waals surface area (Å²) < 4.78 is 95.7. The molecule has 0 spiro atoms. The second-order valence-corrected chi connectivity index (χ2v) is 32.4. The van der Waals surface area contributed by atoms with Gasteiger partial charge in [0.25, 0.3) is 45.9 Å². The van der Waals surface area contributed by atoms with Crippen LogP contribution < -0.4 is 43.9 Å². The van der Waals surface area contributed by atoms with Gasteiger partial charge in [0.05, 0.1) is 104 Å². The third-order valence-corrected chi connectivity index (χ3v) is 21.1. The number of methoxy groups -OCH3 is 2. The van der Waals surface area contributed by atoms with Crippen LogP contribution in [0.5, 0.6) is 0 Å². The number of hydrogen-bond donors (Lipinski definition) is 10. The van der Waals surface area contributed by atoms with E-state index in [1.807, 2.05) is 62.4 Å². The van der Waals surface area contributed by atoms with E-state index < -0.39 is 93.5 Å². The summed E-state index contributed by atoms with van der Waals surface area (Å²) in [6.45, 7) is 27.5.